The van der Waals surface area contributed by atoms with Crippen molar-refractivity contribution < 1.29 is 132 Å². The van der Waals surface area contributed by atoms with Crippen LogP contribution in [-0.4, -0.2) is 264 Å². The number of Topliss-reactive ketones (excluding diaryl/α,β-unsaturated/α-hetero) is 5. The predicted octanol–water partition coefficient (Wildman–Crippen LogP) is 4.97. The first-order valence-corrected chi connectivity index (χ1v) is 39.1. The smallest absolute Gasteiger partial charge is 0.303 e. The standard InChI is InChI=1S/C76H134N2O27/c1-52(32-43-102-75-55(4)69(93)72(96)63(48-81)105-75)44-59(85)28-17-12-16-26-58(84)34-41-98-50-76(45-60(86)29-13-9-7-5-6-8-10-18-31-66(89)90,49-97-40-33-57(83)25-15-11-14-24-56(82)27-19-21-38-100-73-53(2)67(91)70(94)61(46-79)103-73)51-99-42-35-65(88)78-37-23-36-77-64(87)30-20-22-39-101-74-54(3)68(92)71(95)62(47-80)104-74/h52-55,61-63,67-75,79-81,91-96H,5-51H2,1-4H3,(H,77,87)(H,78,88)(H,89,90). The number of aliphatic hydroxyl groups excluding tert-OH is 9. The van der Waals surface area contributed by atoms with E-state index in [1.54, 1.807) is 20.8 Å². The monoisotopic (exact) mass is 1510 g/mol. The highest BCUT2D eigenvalue weighted by Gasteiger charge is 2.45. The highest BCUT2D eigenvalue weighted by Crippen LogP contribution is 2.32. The Kier molecular flexibility index (Phi) is 51.1. The van der Waals surface area contributed by atoms with E-state index in [1.807, 2.05) is 6.92 Å². The number of aliphatic carboxylic acids is 1. The Hall–Kier alpha value is -3.96. The highest BCUT2D eigenvalue weighted by atomic mass is 16.7. The third-order valence-corrected chi connectivity index (χ3v) is 20.0. The number of amides is 2. The Labute approximate surface area is 621 Å². The maximum Gasteiger partial charge on any atom is 0.303 e. The summed E-state index contributed by atoms with van der Waals surface area (Å²) in [6.07, 6.45) is 4.29. The number of hydrogen-bond donors (Lipinski definition) is 12. The van der Waals surface area contributed by atoms with Crippen LogP contribution in [0.3, 0.4) is 0 Å². The topological polar surface area (TPSA) is 446 Å². The minimum atomic E-state index is -1.23. The van der Waals surface area contributed by atoms with Gasteiger partial charge in [0.05, 0.1) is 84.4 Å². The van der Waals surface area contributed by atoms with Crippen molar-refractivity contribution in [2.24, 2.45) is 29.1 Å². The van der Waals surface area contributed by atoms with Gasteiger partial charge in [-0.05, 0) is 83.0 Å². The molecule has 17 unspecified atom stereocenters. The van der Waals surface area contributed by atoms with Crippen molar-refractivity contribution in [1.82, 2.24) is 10.6 Å². The lowest BCUT2D eigenvalue weighted by Gasteiger charge is -2.40. The summed E-state index contributed by atoms with van der Waals surface area (Å²) in [4.78, 5) is 102. The number of ketones is 5. The highest BCUT2D eigenvalue weighted by molar-refractivity contribution is 5.80. The Morgan fingerprint density at radius 3 is 1.10 bits per heavy atom. The molecule has 0 aromatic rings. The summed E-state index contributed by atoms with van der Waals surface area (Å²) in [6, 6.07) is 0. The van der Waals surface area contributed by atoms with Crippen LogP contribution in [-0.2, 0) is 81.0 Å². The van der Waals surface area contributed by atoms with Gasteiger partial charge < -0.3 is 104 Å². The lowest BCUT2D eigenvalue weighted by molar-refractivity contribution is -0.282. The predicted molar refractivity (Wildman–Crippen MR) is 384 cm³/mol. The number of aliphatic hydroxyl groups is 9. The summed E-state index contributed by atoms with van der Waals surface area (Å²) in [5.74, 6) is -2.71. The molecule has 3 aliphatic rings. The van der Waals surface area contributed by atoms with E-state index in [1.165, 1.54) is 0 Å². The molecule has 3 saturated heterocycles. The molecule has 12 N–H and O–H groups in total. The van der Waals surface area contributed by atoms with Crippen LogP contribution in [0.4, 0.5) is 0 Å². The van der Waals surface area contributed by atoms with Crippen molar-refractivity contribution in [2.75, 3.05) is 92.4 Å². The zero-order valence-electron chi connectivity index (χ0n) is 63.4. The molecule has 29 nitrogen and oxygen atoms in total. The van der Waals surface area contributed by atoms with Crippen molar-refractivity contribution in [2.45, 2.75) is 313 Å². The third kappa shape index (κ3) is 40.5. The van der Waals surface area contributed by atoms with Gasteiger partial charge in [0.1, 0.15) is 65.5 Å². The van der Waals surface area contributed by atoms with E-state index in [2.05, 4.69) is 10.6 Å². The molecular weight excluding hydrogens is 1370 g/mol. The molecule has 29 heteroatoms. The Bertz CT molecular complexity index is 2310. The molecule has 0 aromatic carbocycles. The molecular formula is C76H134N2O27. The zero-order chi connectivity index (χ0) is 77.4. The number of carbonyl (C=O) groups is 8. The van der Waals surface area contributed by atoms with Gasteiger partial charge in [-0.25, -0.2) is 0 Å². The van der Waals surface area contributed by atoms with Crippen LogP contribution >= 0.6 is 0 Å². The minimum Gasteiger partial charge on any atom is -0.481 e. The van der Waals surface area contributed by atoms with Gasteiger partial charge in [-0.2, -0.15) is 0 Å². The number of nitrogens with one attached hydrogen (secondary N) is 2. The minimum absolute atomic E-state index is 0.00614. The molecule has 3 aliphatic heterocycles. The number of ether oxygens (including phenoxy) is 9. The van der Waals surface area contributed by atoms with Gasteiger partial charge in [-0.15, -0.1) is 0 Å². The second-order valence-corrected chi connectivity index (χ2v) is 29.5. The molecule has 0 aromatic heterocycles. The van der Waals surface area contributed by atoms with Crippen LogP contribution in [0.25, 0.3) is 0 Å². The van der Waals surface area contributed by atoms with Gasteiger partial charge in [0, 0.05) is 133 Å². The summed E-state index contributed by atoms with van der Waals surface area (Å²) in [5, 5.41) is 104. The molecule has 0 bridgehead atoms. The fourth-order valence-corrected chi connectivity index (χ4v) is 13.0. The molecule has 105 heavy (non-hydrogen) atoms. The second-order valence-electron chi connectivity index (χ2n) is 29.5. The van der Waals surface area contributed by atoms with Gasteiger partial charge in [-0.1, -0.05) is 79.1 Å². The van der Waals surface area contributed by atoms with E-state index >= 15 is 0 Å². The number of hydrogen-bond acceptors (Lipinski definition) is 26. The molecule has 0 spiro atoms. The number of carbonyl (C=O) groups excluding carboxylic acids is 7. The summed E-state index contributed by atoms with van der Waals surface area (Å²) < 4.78 is 52.8. The first-order chi connectivity index (χ1) is 50.3. The van der Waals surface area contributed by atoms with Gasteiger partial charge in [0.25, 0.3) is 0 Å². The van der Waals surface area contributed by atoms with E-state index < -0.39 is 123 Å². The summed E-state index contributed by atoms with van der Waals surface area (Å²) in [5.41, 5.74) is -1.07. The van der Waals surface area contributed by atoms with Crippen molar-refractivity contribution in [3.05, 3.63) is 0 Å². The Balaban J connectivity index is 1.52. The van der Waals surface area contributed by atoms with Crippen LogP contribution in [0.1, 0.15) is 240 Å². The largest absolute Gasteiger partial charge is 0.481 e. The lowest BCUT2D eigenvalue weighted by atomic mass is 9.83. The Morgan fingerprint density at radius 2 is 0.695 bits per heavy atom. The number of carboxylic acids is 1. The molecule has 3 rings (SSSR count). The molecule has 0 aliphatic carbocycles. The Morgan fingerprint density at radius 1 is 0.371 bits per heavy atom. The van der Waals surface area contributed by atoms with Crippen LogP contribution in [0.5, 0.6) is 0 Å². The number of carboxylic acid groups (broad SMARTS) is 1. The fourth-order valence-electron chi connectivity index (χ4n) is 13.0. The van der Waals surface area contributed by atoms with E-state index in [0.717, 1.165) is 38.5 Å². The third-order valence-electron chi connectivity index (χ3n) is 20.0. The van der Waals surface area contributed by atoms with Crippen molar-refractivity contribution in [3.8, 4) is 0 Å². The van der Waals surface area contributed by atoms with Gasteiger partial charge in [0.15, 0.2) is 18.9 Å². The maximum absolute atomic E-state index is 14.0. The zero-order valence-corrected chi connectivity index (χ0v) is 63.4. The van der Waals surface area contributed by atoms with Crippen molar-refractivity contribution >= 4 is 46.7 Å². The van der Waals surface area contributed by atoms with Gasteiger partial charge in [-0.3, -0.25) is 38.4 Å². The van der Waals surface area contributed by atoms with Crippen molar-refractivity contribution in [3.63, 3.8) is 0 Å². The first-order valence-electron chi connectivity index (χ1n) is 39.1. The fraction of sp³-hybridized carbons (Fsp3) is 0.895. The summed E-state index contributed by atoms with van der Waals surface area (Å²) in [6.45, 7) is 6.94. The van der Waals surface area contributed by atoms with Gasteiger partial charge in [0.2, 0.25) is 11.8 Å². The number of rotatable bonds is 65. The lowest BCUT2D eigenvalue weighted by Crippen LogP contribution is -2.55. The maximum atomic E-state index is 14.0. The van der Waals surface area contributed by atoms with E-state index in [9.17, 15) is 84.3 Å². The summed E-state index contributed by atoms with van der Waals surface area (Å²) >= 11 is 0. The SMILES string of the molecule is CC(CCOC1OC(CO)C(O)C(O)C1C)CC(=O)CCCCCC(=O)CCOCC(COCCC(=O)CCCCCC(=O)CCCCOC1OC(CO)C(O)C(O)C1C)(COCCC(=O)NCCCNC(=O)CCCCOC1OC(CO)C(O)C(O)C1C)CC(=O)CCCCCCCCCCC(=O)O. The molecule has 0 radical (unpaired) electrons. The van der Waals surface area contributed by atoms with E-state index in [0.29, 0.717) is 122 Å². The normalized spacial score (nSPS) is 25.7. The van der Waals surface area contributed by atoms with Gasteiger partial charge >= 0.3 is 5.97 Å². The number of unbranched alkanes of at least 4 members (excludes halogenated alkanes) is 13. The van der Waals surface area contributed by atoms with Crippen LogP contribution in [0.15, 0.2) is 0 Å². The van der Waals surface area contributed by atoms with Crippen LogP contribution < -0.4 is 10.6 Å². The molecule has 610 valence electrons. The quantitative estimate of drug-likeness (QED) is 0.0358. The van der Waals surface area contributed by atoms with Crippen LogP contribution in [0, 0.1) is 29.1 Å². The first kappa shape index (κ1) is 95.2. The molecule has 3 heterocycles. The average Bonchev–Trinajstić information content (AvgIpc) is 0.834. The summed E-state index contributed by atoms with van der Waals surface area (Å²) in [7, 11) is 0. The molecule has 17 atom stereocenters. The van der Waals surface area contributed by atoms with E-state index in [4.69, 9.17) is 47.7 Å². The van der Waals surface area contributed by atoms with Crippen LogP contribution in [0.2, 0.25) is 0 Å². The van der Waals surface area contributed by atoms with E-state index in [-0.39, 0.29) is 170 Å². The molecule has 0 saturated carbocycles. The van der Waals surface area contributed by atoms with Crippen molar-refractivity contribution in [1.29, 1.82) is 0 Å². The second kappa shape index (κ2) is 56.3. The molecule has 2 amide bonds. The average molecular weight is 1510 g/mol. The molecule has 3 fully saturated rings.